The van der Waals surface area contributed by atoms with E-state index in [9.17, 15) is 4.79 Å². The number of amides is 1. The SMILES string of the molecule is COc1ccc2sc(N3CCN(CCNC(=O)c4ccc(C(C)(C)C)cc4)CC3)nc2c1OC. The smallest absolute Gasteiger partial charge is 0.251 e. The number of nitrogens with one attached hydrogen (secondary N) is 1. The largest absolute Gasteiger partial charge is 0.493 e. The highest BCUT2D eigenvalue weighted by molar-refractivity contribution is 7.22. The average Bonchev–Trinajstić information content (AvgIpc) is 3.27. The van der Waals surface area contributed by atoms with Crippen molar-refractivity contribution in [3.8, 4) is 11.5 Å². The Kier molecular flexibility index (Phi) is 7.28. The molecule has 0 atom stereocenters. The molecule has 0 saturated carbocycles. The van der Waals surface area contributed by atoms with E-state index in [2.05, 4.69) is 35.9 Å². The van der Waals surface area contributed by atoms with Gasteiger partial charge in [0, 0.05) is 44.8 Å². The lowest BCUT2D eigenvalue weighted by Crippen LogP contribution is -2.48. The van der Waals surface area contributed by atoms with Gasteiger partial charge in [0.1, 0.15) is 5.52 Å². The Morgan fingerprint density at radius 3 is 2.35 bits per heavy atom. The van der Waals surface area contributed by atoms with Crippen molar-refractivity contribution in [3.05, 3.63) is 47.5 Å². The van der Waals surface area contributed by atoms with Crippen molar-refractivity contribution < 1.29 is 14.3 Å². The van der Waals surface area contributed by atoms with Crippen LogP contribution in [-0.4, -0.2) is 69.3 Å². The summed E-state index contributed by atoms with van der Waals surface area (Å²) in [4.78, 5) is 22.1. The van der Waals surface area contributed by atoms with E-state index in [1.54, 1.807) is 25.6 Å². The maximum Gasteiger partial charge on any atom is 0.251 e. The highest BCUT2D eigenvalue weighted by Crippen LogP contribution is 2.40. The summed E-state index contributed by atoms with van der Waals surface area (Å²) < 4.78 is 12.0. The number of methoxy groups -OCH3 is 2. The van der Waals surface area contributed by atoms with Gasteiger partial charge in [-0.3, -0.25) is 9.69 Å². The molecule has 1 aliphatic rings. The summed E-state index contributed by atoms with van der Waals surface area (Å²) in [5.41, 5.74) is 2.87. The summed E-state index contributed by atoms with van der Waals surface area (Å²) in [6, 6.07) is 11.9. The Labute approximate surface area is 205 Å². The molecule has 2 aromatic carbocycles. The van der Waals surface area contributed by atoms with Crippen molar-refractivity contribution in [1.29, 1.82) is 0 Å². The van der Waals surface area contributed by atoms with Gasteiger partial charge in [0.2, 0.25) is 0 Å². The summed E-state index contributed by atoms with van der Waals surface area (Å²) in [6.45, 7) is 11.7. The molecular formula is C26H34N4O3S. The van der Waals surface area contributed by atoms with Gasteiger partial charge in [-0.05, 0) is 35.2 Å². The number of ether oxygens (including phenoxy) is 2. The fraction of sp³-hybridized carbons (Fsp3) is 0.462. The molecule has 0 spiro atoms. The van der Waals surface area contributed by atoms with Crippen LogP contribution in [0.3, 0.4) is 0 Å². The molecule has 1 saturated heterocycles. The second-order valence-electron chi connectivity index (χ2n) is 9.56. The number of nitrogens with zero attached hydrogens (tertiary/aromatic N) is 3. The highest BCUT2D eigenvalue weighted by atomic mass is 32.1. The number of hydrogen-bond acceptors (Lipinski definition) is 7. The number of carbonyl (C=O) groups is 1. The van der Waals surface area contributed by atoms with Crippen LogP contribution in [0.25, 0.3) is 10.2 Å². The van der Waals surface area contributed by atoms with Gasteiger partial charge in [0.15, 0.2) is 16.6 Å². The number of anilines is 1. The molecule has 0 unspecified atom stereocenters. The van der Waals surface area contributed by atoms with E-state index in [-0.39, 0.29) is 11.3 Å². The van der Waals surface area contributed by atoms with Gasteiger partial charge >= 0.3 is 0 Å². The molecule has 7 nitrogen and oxygen atoms in total. The normalized spacial score (nSPS) is 14.9. The number of thiazole rings is 1. The zero-order valence-electron chi connectivity index (χ0n) is 20.7. The maximum absolute atomic E-state index is 12.5. The highest BCUT2D eigenvalue weighted by Gasteiger charge is 2.22. The summed E-state index contributed by atoms with van der Waals surface area (Å²) in [5, 5.41) is 4.07. The van der Waals surface area contributed by atoms with E-state index in [0.717, 1.165) is 48.1 Å². The maximum atomic E-state index is 12.5. The quantitative estimate of drug-likeness (QED) is 0.545. The Morgan fingerprint density at radius 1 is 1.03 bits per heavy atom. The fourth-order valence-corrected chi connectivity index (χ4v) is 5.16. The lowest BCUT2D eigenvalue weighted by Gasteiger charge is -2.34. The Balaban J connectivity index is 1.27. The number of fused-ring (bicyclic) bond motifs is 1. The number of hydrogen-bond donors (Lipinski definition) is 1. The standard InChI is InChI=1S/C26H34N4O3S/c1-26(2,3)19-8-6-18(7-9-19)24(31)27-12-13-29-14-16-30(17-15-29)25-28-22-21(34-25)11-10-20(32-4)23(22)33-5/h6-11H,12-17H2,1-5H3,(H,27,31). The van der Waals surface area contributed by atoms with Gasteiger partial charge in [-0.1, -0.05) is 44.2 Å². The molecule has 0 bridgehead atoms. The molecule has 182 valence electrons. The van der Waals surface area contributed by atoms with E-state index in [1.165, 1.54) is 5.56 Å². The van der Waals surface area contributed by atoms with Crippen molar-refractivity contribution in [2.75, 3.05) is 58.4 Å². The topological polar surface area (TPSA) is 66.9 Å². The molecule has 1 aromatic heterocycles. The Hall–Kier alpha value is -2.84. The average molecular weight is 483 g/mol. The van der Waals surface area contributed by atoms with Gasteiger partial charge in [-0.2, -0.15) is 0 Å². The molecule has 1 aliphatic heterocycles. The monoisotopic (exact) mass is 482 g/mol. The summed E-state index contributed by atoms with van der Waals surface area (Å²) in [7, 11) is 3.29. The molecule has 4 rings (SSSR count). The van der Waals surface area contributed by atoms with Crippen LogP contribution in [0.1, 0.15) is 36.7 Å². The molecule has 8 heteroatoms. The molecule has 1 amide bonds. The molecule has 0 radical (unpaired) electrons. The second-order valence-corrected chi connectivity index (χ2v) is 10.6. The second kappa shape index (κ2) is 10.2. The number of carbonyl (C=O) groups excluding carboxylic acids is 1. The first kappa shape index (κ1) is 24.3. The third kappa shape index (κ3) is 5.28. The first-order chi connectivity index (χ1) is 16.3. The van der Waals surface area contributed by atoms with Crippen molar-refractivity contribution in [2.24, 2.45) is 0 Å². The third-order valence-electron chi connectivity index (χ3n) is 6.26. The first-order valence-electron chi connectivity index (χ1n) is 11.7. The summed E-state index contributed by atoms with van der Waals surface area (Å²) in [6.07, 6.45) is 0. The van der Waals surface area contributed by atoms with Crippen molar-refractivity contribution >= 4 is 32.6 Å². The minimum Gasteiger partial charge on any atom is -0.493 e. The molecule has 2 heterocycles. The van der Waals surface area contributed by atoms with E-state index >= 15 is 0 Å². The molecule has 1 fully saturated rings. The van der Waals surface area contributed by atoms with Gasteiger partial charge in [0.05, 0.1) is 18.9 Å². The minimum atomic E-state index is -0.0158. The van der Waals surface area contributed by atoms with E-state index in [4.69, 9.17) is 14.5 Å². The van der Waals surface area contributed by atoms with Crippen LogP contribution in [0, 0.1) is 0 Å². The molecular weight excluding hydrogens is 448 g/mol. The Morgan fingerprint density at radius 2 is 1.74 bits per heavy atom. The van der Waals surface area contributed by atoms with Gasteiger partial charge in [-0.25, -0.2) is 4.98 Å². The van der Waals surface area contributed by atoms with Crippen molar-refractivity contribution in [3.63, 3.8) is 0 Å². The molecule has 34 heavy (non-hydrogen) atoms. The zero-order valence-corrected chi connectivity index (χ0v) is 21.5. The number of benzene rings is 2. The lowest BCUT2D eigenvalue weighted by atomic mass is 9.87. The lowest BCUT2D eigenvalue weighted by molar-refractivity contribution is 0.0947. The van der Waals surface area contributed by atoms with E-state index in [1.807, 2.05) is 36.4 Å². The van der Waals surface area contributed by atoms with Crippen LogP contribution in [0.4, 0.5) is 5.13 Å². The Bertz CT molecular complexity index is 1130. The number of aromatic nitrogens is 1. The summed E-state index contributed by atoms with van der Waals surface area (Å²) in [5.74, 6) is 1.37. The van der Waals surface area contributed by atoms with Crippen LogP contribution in [0.5, 0.6) is 11.5 Å². The van der Waals surface area contributed by atoms with Gasteiger partial charge < -0.3 is 19.7 Å². The zero-order chi connectivity index (χ0) is 24.3. The van der Waals surface area contributed by atoms with E-state index in [0.29, 0.717) is 23.6 Å². The number of rotatable bonds is 7. The van der Waals surface area contributed by atoms with Crippen LogP contribution in [-0.2, 0) is 5.41 Å². The van der Waals surface area contributed by atoms with Crippen LogP contribution in [0.2, 0.25) is 0 Å². The van der Waals surface area contributed by atoms with Gasteiger partial charge in [-0.15, -0.1) is 0 Å². The first-order valence-corrected chi connectivity index (χ1v) is 12.5. The third-order valence-corrected chi connectivity index (χ3v) is 7.34. The molecule has 0 aliphatic carbocycles. The van der Waals surface area contributed by atoms with Crippen LogP contribution >= 0.6 is 11.3 Å². The molecule has 1 N–H and O–H groups in total. The minimum absolute atomic E-state index is 0.0158. The fourth-order valence-electron chi connectivity index (χ4n) is 4.15. The van der Waals surface area contributed by atoms with Crippen LogP contribution in [0.15, 0.2) is 36.4 Å². The number of piperazine rings is 1. The van der Waals surface area contributed by atoms with Crippen molar-refractivity contribution in [1.82, 2.24) is 15.2 Å². The molecule has 3 aromatic rings. The predicted octanol–water partition coefficient (Wildman–Crippen LogP) is 4.16. The predicted molar refractivity (Wildman–Crippen MR) is 139 cm³/mol. The van der Waals surface area contributed by atoms with Gasteiger partial charge in [0.25, 0.3) is 5.91 Å². The summed E-state index contributed by atoms with van der Waals surface area (Å²) >= 11 is 1.68. The van der Waals surface area contributed by atoms with E-state index < -0.39 is 0 Å². The van der Waals surface area contributed by atoms with Crippen molar-refractivity contribution in [2.45, 2.75) is 26.2 Å². The van der Waals surface area contributed by atoms with Crippen LogP contribution < -0.4 is 19.7 Å².